The van der Waals surface area contributed by atoms with Crippen molar-refractivity contribution in [3.8, 4) is 17.9 Å². The van der Waals surface area contributed by atoms with Crippen LogP contribution in [0, 0.1) is 22.7 Å². The number of nitrogens with zero attached hydrogens (tertiary/aromatic N) is 3. The van der Waals surface area contributed by atoms with Crippen LogP contribution in [0.15, 0.2) is 22.7 Å². The third kappa shape index (κ3) is 4.07. The molecular formula is C12H12BrN3O. The van der Waals surface area contributed by atoms with Crippen molar-refractivity contribution in [2.75, 3.05) is 20.2 Å². The predicted molar refractivity (Wildman–Crippen MR) is 67.2 cm³/mol. The van der Waals surface area contributed by atoms with Crippen molar-refractivity contribution in [2.24, 2.45) is 0 Å². The second-order valence-corrected chi connectivity index (χ2v) is 4.27. The summed E-state index contributed by atoms with van der Waals surface area (Å²) in [5.74, 6) is 0.761. The summed E-state index contributed by atoms with van der Waals surface area (Å²) in [7, 11) is 1.61. The average molecular weight is 294 g/mol. The Morgan fingerprint density at radius 3 is 2.47 bits per heavy atom. The minimum absolute atomic E-state index is 0.233. The number of nitriles is 2. The van der Waals surface area contributed by atoms with Gasteiger partial charge in [-0.3, -0.25) is 4.90 Å². The van der Waals surface area contributed by atoms with E-state index in [0.29, 0.717) is 6.54 Å². The molecular weight excluding hydrogens is 282 g/mol. The van der Waals surface area contributed by atoms with E-state index in [-0.39, 0.29) is 13.1 Å². The minimum Gasteiger partial charge on any atom is -0.497 e. The standard InChI is InChI=1S/C12H12BrN3O/c1-17-11-2-3-12(13)10(8-11)9-16(6-4-14)7-5-15/h2-3,8H,6-7,9H2,1H3. The molecule has 0 aliphatic carbocycles. The van der Waals surface area contributed by atoms with E-state index >= 15 is 0 Å². The average Bonchev–Trinajstić information content (AvgIpc) is 2.32. The topological polar surface area (TPSA) is 60.0 Å². The molecule has 0 bridgehead atoms. The van der Waals surface area contributed by atoms with Gasteiger partial charge in [-0.1, -0.05) is 15.9 Å². The molecule has 1 rings (SSSR count). The van der Waals surface area contributed by atoms with Crippen LogP contribution >= 0.6 is 15.9 Å². The Bertz CT molecular complexity index is 446. The van der Waals surface area contributed by atoms with Crippen molar-refractivity contribution >= 4 is 15.9 Å². The first-order valence-electron chi connectivity index (χ1n) is 5.00. The first-order chi connectivity index (χ1) is 8.21. The lowest BCUT2D eigenvalue weighted by atomic mass is 10.2. The van der Waals surface area contributed by atoms with E-state index in [1.54, 1.807) is 12.0 Å². The maximum absolute atomic E-state index is 8.67. The molecule has 0 atom stereocenters. The smallest absolute Gasteiger partial charge is 0.119 e. The number of benzene rings is 1. The van der Waals surface area contributed by atoms with Gasteiger partial charge in [-0.15, -0.1) is 0 Å². The molecule has 0 aliphatic heterocycles. The fourth-order valence-corrected chi connectivity index (χ4v) is 1.78. The number of hydrogen-bond donors (Lipinski definition) is 0. The molecule has 88 valence electrons. The summed E-state index contributed by atoms with van der Waals surface area (Å²) in [5.41, 5.74) is 0.995. The lowest BCUT2D eigenvalue weighted by Gasteiger charge is -2.16. The molecule has 0 fully saturated rings. The summed E-state index contributed by atoms with van der Waals surface area (Å²) < 4.78 is 6.09. The van der Waals surface area contributed by atoms with Gasteiger partial charge in [0.05, 0.1) is 32.3 Å². The number of halogens is 1. The molecule has 0 spiro atoms. The maximum atomic E-state index is 8.67. The fourth-order valence-electron chi connectivity index (χ4n) is 1.41. The normalized spacial score (nSPS) is 9.71. The predicted octanol–water partition coefficient (Wildman–Crippen LogP) is 2.31. The third-order valence-corrected chi connectivity index (χ3v) is 3.01. The van der Waals surface area contributed by atoms with Crippen LogP contribution in [-0.4, -0.2) is 25.1 Å². The molecule has 0 aromatic heterocycles. The van der Waals surface area contributed by atoms with Crippen molar-refractivity contribution in [1.29, 1.82) is 10.5 Å². The lowest BCUT2D eigenvalue weighted by molar-refractivity contribution is 0.333. The van der Waals surface area contributed by atoms with Crippen LogP contribution in [0.5, 0.6) is 5.75 Å². The molecule has 4 nitrogen and oxygen atoms in total. The SMILES string of the molecule is COc1ccc(Br)c(CN(CC#N)CC#N)c1. The van der Waals surface area contributed by atoms with Gasteiger partial charge in [0, 0.05) is 11.0 Å². The van der Waals surface area contributed by atoms with Crippen molar-refractivity contribution in [1.82, 2.24) is 4.90 Å². The molecule has 0 saturated carbocycles. The molecule has 17 heavy (non-hydrogen) atoms. The summed E-state index contributed by atoms with van der Waals surface area (Å²) in [6, 6.07) is 9.74. The summed E-state index contributed by atoms with van der Waals surface area (Å²) in [6.45, 7) is 1.01. The summed E-state index contributed by atoms with van der Waals surface area (Å²) in [6.07, 6.45) is 0. The lowest BCUT2D eigenvalue weighted by Crippen LogP contribution is -2.24. The number of rotatable bonds is 5. The molecule has 5 heteroatoms. The van der Waals surface area contributed by atoms with Crippen molar-refractivity contribution in [3.63, 3.8) is 0 Å². The van der Waals surface area contributed by atoms with Gasteiger partial charge < -0.3 is 4.74 Å². The van der Waals surface area contributed by atoms with Gasteiger partial charge >= 0.3 is 0 Å². The van der Waals surface area contributed by atoms with E-state index in [9.17, 15) is 0 Å². The van der Waals surface area contributed by atoms with Crippen LogP contribution in [0.3, 0.4) is 0 Å². The van der Waals surface area contributed by atoms with Crippen LogP contribution in [0.25, 0.3) is 0 Å². The molecule has 0 radical (unpaired) electrons. The highest BCUT2D eigenvalue weighted by Gasteiger charge is 2.08. The Hall–Kier alpha value is -1.56. The molecule has 0 unspecified atom stereocenters. The van der Waals surface area contributed by atoms with E-state index in [2.05, 4.69) is 15.9 Å². The number of methoxy groups -OCH3 is 1. The second-order valence-electron chi connectivity index (χ2n) is 3.42. The van der Waals surface area contributed by atoms with E-state index in [1.807, 2.05) is 30.3 Å². The molecule has 0 aliphatic rings. The molecule has 0 heterocycles. The minimum atomic E-state index is 0.233. The maximum Gasteiger partial charge on any atom is 0.119 e. The number of ether oxygens (including phenoxy) is 1. The zero-order chi connectivity index (χ0) is 12.7. The van der Waals surface area contributed by atoms with E-state index < -0.39 is 0 Å². The Kier molecular flexibility index (Phi) is 5.48. The first-order valence-corrected chi connectivity index (χ1v) is 5.79. The molecule has 1 aromatic carbocycles. The largest absolute Gasteiger partial charge is 0.497 e. The Morgan fingerprint density at radius 2 is 1.94 bits per heavy atom. The van der Waals surface area contributed by atoms with Gasteiger partial charge in [-0.2, -0.15) is 10.5 Å². The van der Waals surface area contributed by atoms with Gasteiger partial charge in [-0.05, 0) is 23.8 Å². The van der Waals surface area contributed by atoms with E-state index in [4.69, 9.17) is 15.3 Å². The Morgan fingerprint density at radius 1 is 1.29 bits per heavy atom. The molecule has 0 amide bonds. The van der Waals surface area contributed by atoms with Crippen LogP contribution in [0.2, 0.25) is 0 Å². The second kappa shape index (κ2) is 6.90. The van der Waals surface area contributed by atoms with Crippen molar-refractivity contribution < 1.29 is 4.74 Å². The zero-order valence-electron chi connectivity index (χ0n) is 9.48. The van der Waals surface area contributed by atoms with Crippen molar-refractivity contribution in [3.05, 3.63) is 28.2 Å². The van der Waals surface area contributed by atoms with Gasteiger partial charge in [0.15, 0.2) is 0 Å². The van der Waals surface area contributed by atoms with Gasteiger partial charge in [0.1, 0.15) is 5.75 Å². The highest BCUT2D eigenvalue weighted by molar-refractivity contribution is 9.10. The third-order valence-electron chi connectivity index (χ3n) is 2.24. The highest BCUT2D eigenvalue weighted by Crippen LogP contribution is 2.23. The monoisotopic (exact) mass is 293 g/mol. The quantitative estimate of drug-likeness (QED) is 0.782. The summed E-state index contributed by atoms with van der Waals surface area (Å²) in [4.78, 5) is 1.76. The van der Waals surface area contributed by atoms with Gasteiger partial charge in [0.2, 0.25) is 0 Å². The van der Waals surface area contributed by atoms with Gasteiger partial charge in [-0.25, -0.2) is 0 Å². The molecule has 1 aromatic rings. The summed E-state index contributed by atoms with van der Waals surface area (Å²) >= 11 is 3.44. The van der Waals surface area contributed by atoms with Crippen molar-refractivity contribution in [2.45, 2.75) is 6.54 Å². The highest BCUT2D eigenvalue weighted by atomic mass is 79.9. The first kappa shape index (κ1) is 13.5. The number of hydrogen-bond acceptors (Lipinski definition) is 4. The summed E-state index contributed by atoms with van der Waals surface area (Å²) in [5, 5.41) is 17.3. The Balaban J connectivity index is 2.85. The van der Waals surface area contributed by atoms with E-state index in [1.165, 1.54) is 0 Å². The molecule has 0 N–H and O–H groups in total. The van der Waals surface area contributed by atoms with Crippen LogP contribution in [0.4, 0.5) is 0 Å². The zero-order valence-corrected chi connectivity index (χ0v) is 11.1. The fraction of sp³-hybridized carbons (Fsp3) is 0.333. The van der Waals surface area contributed by atoms with Crippen LogP contribution in [-0.2, 0) is 6.54 Å². The molecule has 0 saturated heterocycles. The van der Waals surface area contributed by atoms with Gasteiger partial charge in [0.25, 0.3) is 0 Å². The van der Waals surface area contributed by atoms with Crippen LogP contribution in [0.1, 0.15) is 5.56 Å². The van der Waals surface area contributed by atoms with E-state index in [0.717, 1.165) is 15.8 Å². The van der Waals surface area contributed by atoms with Crippen LogP contribution < -0.4 is 4.74 Å². The Labute approximate surface area is 109 Å².